The number of rotatable bonds is 5. The minimum Gasteiger partial charge on any atom is -0.346 e. The van der Waals surface area contributed by atoms with Gasteiger partial charge in [-0.1, -0.05) is 23.8 Å². The van der Waals surface area contributed by atoms with Gasteiger partial charge in [-0.05, 0) is 62.9 Å². The average molecular weight is 438 g/mol. The third-order valence-corrected chi connectivity index (χ3v) is 7.39. The quantitative estimate of drug-likeness (QED) is 0.730. The van der Waals surface area contributed by atoms with Gasteiger partial charge in [-0.3, -0.25) is 9.52 Å². The molecule has 30 heavy (non-hydrogen) atoms. The number of aryl methyl sites for hydroxylation is 2. The van der Waals surface area contributed by atoms with Crippen LogP contribution >= 0.6 is 0 Å². The molecule has 3 aliphatic carbocycles. The second-order valence-electron chi connectivity index (χ2n) is 8.51. The molecule has 5 rings (SSSR count). The molecule has 2 aromatic rings. The normalized spacial score (nSPS) is 25.1. The highest BCUT2D eigenvalue weighted by Crippen LogP contribution is 2.73. The molecular formula is C21H21F3N2O3S. The first-order chi connectivity index (χ1) is 13.8. The van der Waals surface area contributed by atoms with Crippen LogP contribution in [0, 0.1) is 19.3 Å². The SMILES string of the molecule is Cc1ccc(S(=O)(=O)Nc2cc(C)ccc2C(=O)NC23CC(C(F)(F)F)(C2)C3)cc1. The molecule has 160 valence electrons. The molecular weight excluding hydrogens is 417 g/mol. The summed E-state index contributed by atoms with van der Waals surface area (Å²) < 4.78 is 67.1. The topological polar surface area (TPSA) is 75.3 Å². The van der Waals surface area contributed by atoms with Crippen molar-refractivity contribution >= 4 is 21.6 Å². The van der Waals surface area contributed by atoms with Crippen LogP contribution in [0.2, 0.25) is 0 Å². The first-order valence-corrected chi connectivity index (χ1v) is 10.9. The molecule has 0 spiro atoms. The van der Waals surface area contributed by atoms with Gasteiger partial charge >= 0.3 is 6.18 Å². The third-order valence-electron chi connectivity index (χ3n) is 6.01. The van der Waals surface area contributed by atoms with Gasteiger partial charge in [0.25, 0.3) is 15.9 Å². The lowest BCUT2D eigenvalue weighted by atomic mass is 9.39. The van der Waals surface area contributed by atoms with E-state index >= 15 is 0 Å². The largest absolute Gasteiger partial charge is 0.394 e. The summed E-state index contributed by atoms with van der Waals surface area (Å²) in [6.45, 7) is 3.58. The Balaban J connectivity index is 1.54. The summed E-state index contributed by atoms with van der Waals surface area (Å²) >= 11 is 0. The van der Waals surface area contributed by atoms with Crippen LogP contribution in [0.3, 0.4) is 0 Å². The van der Waals surface area contributed by atoms with Gasteiger partial charge in [-0.15, -0.1) is 0 Å². The molecule has 3 aliphatic rings. The fourth-order valence-corrected chi connectivity index (χ4v) is 5.46. The van der Waals surface area contributed by atoms with Gasteiger partial charge in [0.2, 0.25) is 0 Å². The van der Waals surface area contributed by atoms with Crippen molar-refractivity contribution in [1.29, 1.82) is 0 Å². The molecule has 0 atom stereocenters. The summed E-state index contributed by atoms with van der Waals surface area (Å²) in [6.07, 6.45) is -4.67. The van der Waals surface area contributed by atoms with E-state index < -0.39 is 33.1 Å². The number of sulfonamides is 1. The molecule has 0 aliphatic heterocycles. The number of carbonyl (C=O) groups excluding carboxylic acids is 1. The molecule has 3 fully saturated rings. The number of carbonyl (C=O) groups is 1. The summed E-state index contributed by atoms with van der Waals surface area (Å²) in [6, 6.07) is 10.9. The molecule has 0 unspecified atom stereocenters. The van der Waals surface area contributed by atoms with Crippen molar-refractivity contribution in [2.75, 3.05) is 4.72 Å². The lowest BCUT2D eigenvalue weighted by Crippen LogP contribution is -2.78. The zero-order chi connectivity index (χ0) is 21.9. The molecule has 1 amide bonds. The van der Waals surface area contributed by atoms with Gasteiger partial charge < -0.3 is 5.32 Å². The number of benzene rings is 2. The Kier molecular flexibility index (Phi) is 4.47. The first-order valence-electron chi connectivity index (χ1n) is 9.44. The Morgan fingerprint density at radius 3 is 2.10 bits per heavy atom. The van der Waals surface area contributed by atoms with Crippen molar-refractivity contribution < 1.29 is 26.4 Å². The lowest BCUT2D eigenvalue weighted by molar-refractivity contribution is -0.336. The molecule has 0 radical (unpaired) electrons. The minimum atomic E-state index is -4.27. The predicted molar refractivity (Wildman–Crippen MR) is 106 cm³/mol. The van der Waals surface area contributed by atoms with Gasteiger partial charge in [-0.25, -0.2) is 8.42 Å². The van der Waals surface area contributed by atoms with Gasteiger partial charge in [0.05, 0.1) is 21.6 Å². The van der Waals surface area contributed by atoms with Gasteiger partial charge in [0.15, 0.2) is 0 Å². The number of nitrogens with one attached hydrogen (secondary N) is 2. The number of hydrogen-bond donors (Lipinski definition) is 2. The molecule has 3 saturated carbocycles. The van der Waals surface area contributed by atoms with E-state index in [-0.39, 0.29) is 35.4 Å². The van der Waals surface area contributed by atoms with E-state index in [0.717, 1.165) is 11.1 Å². The Morgan fingerprint density at radius 2 is 1.53 bits per heavy atom. The fourth-order valence-electron chi connectivity index (χ4n) is 4.39. The zero-order valence-electron chi connectivity index (χ0n) is 16.4. The summed E-state index contributed by atoms with van der Waals surface area (Å²) in [4.78, 5) is 12.9. The number of amides is 1. The maximum atomic E-state index is 13.0. The van der Waals surface area contributed by atoms with Crippen LogP contribution in [0.1, 0.15) is 40.7 Å². The van der Waals surface area contributed by atoms with Crippen LogP contribution in [0.15, 0.2) is 47.4 Å². The van der Waals surface area contributed by atoms with E-state index in [4.69, 9.17) is 0 Å². The molecule has 0 aromatic heterocycles. The number of alkyl halides is 3. The predicted octanol–water partition coefficient (Wildman–Crippen LogP) is 4.32. The molecule has 2 aromatic carbocycles. The van der Waals surface area contributed by atoms with Crippen molar-refractivity contribution in [3.8, 4) is 0 Å². The summed E-state index contributed by atoms with van der Waals surface area (Å²) in [5.41, 5.74) is -0.740. The lowest BCUT2D eigenvalue weighted by Gasteiger charge is -2.70. The van der Waals surface area contributed by atoms with Gasteiger partial charge in [0.1, 0.15) is 0 Å². The van der Waals surface area contributed by atoms with E-state index in [1.165, 1.54) is 24.3 Å². The Labute approximate surface area is 172 Å². The van der Waals surface area contributed by atoms with Gasteiger partial charge in [0, 0.05) is 5.54 Å². The van der Waals surface area contributed by atoms with Crippen LogP contribution in [-0.4, -0.2) is 26.0 Å². The Hall–Kier alpha value is -2.55. The highest BCUT2D eigenvalue weighted by Gasteiger charge is 2.79. The van der Waals surface area contributed by atoms with E-state index in [9.17, 15) is 26.4 Å². The summed E-state index contributed by atoms with van der Waals surface area (Å²) in [5.74, 6) is -0.591. The maximum Gasteiger partial charge on any atom is 0.394 e. The Bertz CT molecular complexity index is 1110. The Morgan fingerprint density at radius 1 is 0.967 bits per heavy atom. The van der Waals surface area contributed by atoms with Crippen molar-refractivity contribution in [1.82, 2.24) is 5.32 Å². The van der Waals surface area contributed by atoms with Crippen LogP contribution in [-0.2, 0) is 10.0 Å². The molecule has 0 saturated heterocycles. The second kappa shape index (κ2) is 6.47. The van der Waals surface area contributed by atoms with E-state index in [1.807, 2.05) is 6.92 Å². The molecule has 2 N–H and O–H groups in total. The minimum absolute atomic E-state index is 0.0486. The average Bonchev–Trinajstić information content (AvgIpc) is 2.55. The molecule has 9 heteroatoms. The monoisotopic (exact) mass is 438 g/mol. The fraction of sp³-hybridized carbons (Fsp3) is 0.381. The van der Waals surface area contributed by atoms with E-state index in [1.54, 1.807) is 25.1 Å². The smallest absolute Gasteiger partial charge is 0.346 e. The highest BCUT2D eigenvalue weighted by molar-refractivity contribution is 7.92. The van der Waals surface area contributed by atoms with Crippen molar-refractivity contribution in [3.63, 3.8) is 0 Å². The van der Waals surface area contributed by atoms with Crippen molar-refractivity contribution in [2.24, 2.45) is 5.41 Å². The highest BCUT2D eigenvalue weighted by atomic mass is 32.2. The van der Waals surface area contributed by atoms with Crippen molar-refractivity contribution in [3.05, 3.63) is 59.2 Å². The van der Waals surface area contributed by atoms with Crippen LogP contribution in [0.25, 0.3) is 0 Å². The summed E-state index contributed by atoms with van der Waals surface area (Å²) in [5, 5.41) is 2.69. The summed E-state index contributed by atoms with van der Waals surface area (Å²) in [7, 11) is -3.94. The molecule has 2 bridgehead atoms. The van der Waals surface area contributed by atoms with E-state index in [2.05, 4.69) is 10.0 Å². The molecule has 0 heterocycles. The maximum absolute atomic E-state index is 13.0. The third kappa shape index (κ3) is 3.34. The zero-order valence-corrected chi connectivity index (χ0v) is 17.2. The standard InChI is InChI=1S/C21H21F3N2O3S/c1-13-3-6-15(7-4-13)30(28,29)26-17-9-14(2)5-8-16(17)18(27)25-20-10-19(11-20,12-20)21(22,23)24/h3-9,26H,10-12H2,1-2H3,(H,25,27). The molecule has 5 nitrogen and oxygen atoms in total. The number of halogens is 3. The second-order valence-corrected chi connectivity index (χ2v) is 10.2. The number of hydrogen-bond acceptors (Lipinski definition) is 3. The van der Waals surface area contributed by atoms with Crippen molar-refractivity contribution in [2.45, 2.75) is 49.7 Å². The van der Waals surface area contributed by atoms with Crippen LogP contribution in [0.4, 0.5) is 18.9 Å². The van der Waals surface area contributed by atoms with Crippen LogP contribution < -0.4 is 10.0 Å². The van der Waals surface area contributed by atoms with E-state index in [0.29, 0.717) is 0 Å². The van der Waals surface area contributed by atoms with Crippen LogP contribution in [0.5, 0.6) is 0 Å². The number of anilines is 1. The van der Waals surface area contributed by atoms with Gasteiger partial charge in [-0.2, -0.15) is 13.2 Å². The first kappa shape index (κ1) is 20.7.